The molecule has 4 rings (SSSR count). The first-order valence-electron chi connectivity index (χ1n) is 8.21. The highest BCUT2D eigenvalue weighted by Gasteiger charge is 2.12. The lowest BCUT2D eigenvalue weighted by molar-refractivity contribution is 0.940. The second-order valence-electron chi connectivity index (χ2n) is 5.70. The molecule has 0 spiro atoms. The van der Waals surface area contributed by atoms with E-state index in [-0.39, 0.29) is 0 Å². The van der Waals surface area contributed by atoms with Gasteiger partial charge in [-0.05, 0) is 23.3 Å². The highest BCUT2D eigenvalue weighted by Crippen LogP contribution is 2.31. The fourth-order valence-electron chi connectivity index (χ4n) is 2.64. The zero-order valence-electron chi connectivity index (χ0n) is 13.7. The van der Waals surface area contributed by atoms with Crippen molar-refractivity contribution in [1.82, 2.24) is 9.38 Å². The molecule has 4 heteroatoms. The highest BCUT2D eigenvalue weighted by molar-refractivity contribution is 7.99. The summed E-state index contributed by atoms with van der Waals surface area (Å²) in [6.07, 6.45) is 2.10. The summed E-state index contributed by atoms with van der Waals surface area (Å²) in [5.74, 6) is 1.86. The zero-order valence-corrected chi connectivity index (χ0v) is 15.3. The van der Waals surface area contributed by atoms with E-state index in [2.05, 4.69) is 89.5 Å². The van der Waals surface area contributed by atoms with Gasteiger partial charge in [0.1, 0.15) is 5.03 Å². The third kappa shape index (κ3) is 3.91. The smallest absolute Gasteiger partial charge is 0.174 e. The van der Waals surface area contributed by atoms with Crippen molar-refractivity contribution >= 4 is 29.0 Å². The summed E-state index contributed by atoms with van der Waals surface area (Å²) in [5, 5.41) is 2.15. The minimum atomic E-state index is 0.928. The summed E-state index contributed by atoms with van der Waals surface area (Å²) in [5.41, 5.74) is 3.82. The Morgan fingerprint density at radius 2 is 1.28 bits per heavy atom. The molecular formula is C21H18N2S2. The molecule has 0 radical (unpaired) electrons. The Balaban J connectivity index is 1.55. The predicted molar refractivity (Wildman–Crippen MR) is 107 cm³/mol. The number of hydrogen-bond acceptors (Lipinski definition) is 3. The van der Waals surface area contributed by atoms with Crippen molar-refractivity contribution in [2.45, 2.75) is 21.7 Å². The molecule has 0 aliphatic carbocycles. The van der Waals surface area contributed by atoms with Crippen molar-refractivity contribution in [3.8, 4) is 0 Å². The van der Waals surface area contributed by atoms with Crippen molar-refractivity contribution in [1.29, 1.82) is 0 Å². The number of rotatable bonds is 6. The summed E-state index contributed by atoms with van der Waals surface area (Å²) >= 11 is 3.58. The number of thioether (sulfide) groups is 2. The molecule has 25 heavy (non-hydrogen) atoms. The number of fused-ring (bicyclic) bond motifs is 1. The number of hydrogen-bond donors (Lipinski definition) is 0. The van der Waals surface area contributed by atoms with Crippen LogP contribution in [0.4, 0.5) is 0 Å². The van der Waals surface area contributed by atoms with Gasteiger partial charge in [-0.3, -0.25) is 4.40 Å². The minimum Gasteiger partial charge on any atom is -0.294 e. The van der Waals surface area contributed by atoms with Gasteiger partial charge >= 0.3 is 0 Å². The van der Waals surface area contributed by atoms with Crippen molar-refractivity contribution in [3.63, 3.8) is 0 Å². The van der Waals surface area contributed by atoms with Crippen LogP contribution in [0.3, 0.4) is 0 Å². The van der Waals surface area contributed by atoms with Crippen LogP contribution in [0.25, 0.3) is 5.52 Å². The van der Waals surface area contributed by atoms with Crippen LogP contribution in [0.2, 0.25) is 0 Å². The zero-order chi connectivity index (χ0) is 16.9. The average Bonchev–Trinajstić information content (AvgIpc) is 3.04. The van der Waals surface area contributed by atoms with Crippen LogP contribution in [0, 0.1) is 0 Å². The summed E-state index contributed by atoms with van der Waals surface area (Å²) in [7, 11) is 0. The molecule has 2 heterocycles. The summed E-state index contributed by atoms with van der Waals surface area (Å²) in [6.45, 7) is 0. The number of aromatic nitrogens is 2. The van der Waals surface area contributed by atoms with Crippen molar-refractivity contribution in [2.75, 3.05) is 0 Å². The molecule has 2 aromatic carbocycles. The van der Waals surface area contributed by atoms with E-state index in [9.17, 15) is 0 Å². The third-order valence-electron chi connectivity index (χ3n) is 3.91. The second kappa shape index (κ2) is 7.81. The Morgan fingerprint density at radius 1 is 0.680 bits per heavy atom. The van der Waals surface area contributed by atoms with Crippen LogP contribution in [0.5, 0.6) is 0 Å². The van der Waals surface area contributed by atoms with Gasteiger partial charge in [0.05, 0.1) is 5.52 Å². The Bertz CT molecular complexity index is 872. The van der Waals surface area contributed by atoms with Crippen LogP contribution >= 0.6 is 23.5 Å². The maximum atomic E-state index is 4.91. The summed E-state index contributed by atoms with van der Waals surface area (Å²) < 4.78 is 2.20. The Kier molecular flexibility index (Phi) is 5.09. The van der Waals surface area contributed by atoms with Gasteiger partial charge in [-0.1, -0.05) is 90.3 Å². The van der Waals surface area contributed by atoms with E-state index in [1.807, 2.05) is 0 Å². The average molecular weight is 363 g/mol. The predicted octanol–water partition coefficient (Wildman–Crippen LogP) is 5.92. The van der Waals surface area contributed by atoms with Crippen molar-refractivity contribution < 1.29 is 0 Å². The topological polar surface area (TPSA) is 17.3 Å². The van der Waals surface area contributed by atoms with E-state index < -0.39 is 0 Å². The molecule has 0 fully saturated rings. The van der Waals surface area contributed by atoms with Gasteiger partial charge in [0.15, 0.2) is 5.16 Å². The quantitative estimate of drug-likeness (QED) is 0.396. The molecule has 0 N–H and O–H groups in total. The molecule has 2 aromatic heterocycles. The fraction of sp³-hybridized carbons (Fsp3) is 0.0952. The Morgan fingerprint density at radius 3 is 1.96 bits per heavy atom. The molecule has 0 aliphatic heterocycles. The first kappa shape index (κ1) is 16.3. The van der Waals surface area contributed by atoms with Gasteiger partial charge in [-0.2, -0.15) is 0 Å². The first-order valence-corrected chi connectivity index (χ1v) is 10.2. The molecule has 0 saturated heterocycles. The second-order valence-corrected chi connectivity index (χ2v) is 7.61. The lowest BCUT2D eigenvalue weighted by Crippen LogP contribution is -1.87. The van der Waals surface area contributed by atoms with Gasteiger partial charge in [-0.15, -0.1) is 0 Å². The number of benzene rings is 2. The third-order valence-corrected chi connectivity index (χ3v) is 5.99. The molecule has 0 bridgehead atoms. The van der Waals surface area contributed by atoms with Crippen molar-refractivity contribution in [3.05, 3.63) is 96.2 Å². The van der Waals surface area contributed by atoms with Crippen LogP contribution in [-0.2, 0) is 11.5 Å². The van der Waals surface area contributed by atoms with E-state index >= 15 is 0 Å². The minimum absolute atomic E-state index is 0.928. The van der Waals surface area contributed by atoms with Gasteiger partial charge in [0.25, 0.3) is 0 Å². The molecule has 0 unspecified atom stereocenters. The van der Waals surface area contributed by atoms with Gasteiger partial charge in [-0.25, -0.2) is 4.98 Å². The van der Waals surface area contributed by atoms with Crippen LogP contribution < -0.4 is 0 Å². The molecule has 2 nitrogen and oxygen atoms in total. The van der Waals surface area contributed by atoms with Crippen LogP contribution in [-0.4, -0.2) is 9.38 Å². The lowest BCUT2D eigenvalue weighted by atomic mass is 10.2. The lowest BCUT2D eigenvalue weighted by Gasteiger charge is -2.01. The maximum absolute atomic E-state index is 4.91. The van der Waals surface area contributed by atoms with Crippen molar-refractivity contribution in [2.24, 2.45) is 0 Å². The molecule has 0 atom stereocenters. The molecular weight excluding hydrogens is 344 g/mol. The van der Waals surface area contributed by atoms with E-state index in [1.54, 1.807) is 23.5 Å². The van der Waals surface area contributed by atoms with Crippen LogP contribution in [0.15, 0.2) is 95.2 Å². The van der Waals surface area contributed by atoms with Gasteiger partial charge in [0, 0.05) is 17.7 Å². The van der Waals surface area contributed by atoms with E-state index in [4.69, 9.17) is 4.98 Å². The molecule has 124 valence electrons. The van der Waals surface area contributed by atoms with Gasteiger partial charge in [0.2, 0.25) is 0 Å². The van der Waals surface area contributed by atoms with E-state index in [0.29, 0.717) is 0 Å². The number of imidazole rings is 1. The number of nitrogens with zero attached hydrogens (tertiary/aromatic N) is 2. The first-order chi connectivity index (χ1) is 12.4. The largest absolute Gasteiger partial charge is 0.294 e. The van der Waals surface area contributed by atoms with Crippen LogP contribution in [0.1, 0.15) is 11.1 Å². The number of pyridine rings is 1. The van der Waals surface area contributed by atoms with Gasteiger partial charge < -0.3 is 0 Å². The SMILES string of the molecule is c1ccc(CSc2nc(SCc3ccccc3)n3ccccc23)cc1. The summed E-state index contributed by atoms with van der Waals surface area (Å²) in [4.78, 5) is 4.91. The van der Waals surface area contributed by atoms with E-state index in [0.717, 1.165) is 21.7 Å². The summed E-state index contributed by atoms with van der Waals surface area (Å²) in [6, 6.07) is 27.4. The Labute approximate surface area is 156 Å². The Hall–Kier alpha value is -2.17. The molecule has 0 saturated carbocycles. The standard InChI is InChI=1S/C21H18N2S2/c1-3-9-17(10-4-1)15-24-20-19-13-7-8-14-23(19)21(22-20)25-16-18-11-5-2-6-12-18/h1-14H,15-16H2. The maximum Gasteiger partial charge on any atom is 0.174 e. The van der Waals surface area contributed by atoms with E-state index in [1.165, 1.54) is 16.6 Å². The highest BCUT2D eigenvalue weighted by atomic mass is 32.2. The fourth-order valence-corrected chi connectivity index (χ4v) is 4.60. The molecule has 0 aliphatic rings. The monoisotopic (exact) mass is 362 g/mol. The molecule has 0 amide bonds. The normalized spacial score (nSPS) is 11.0. The molecule has 4 aromatic rings.